The molecular formula is C16H16I2N4O7. The molecule has 0 unspecified atom stereocenters. The van der Waals surface area contributed by atoms with Crippen molar-refractivity contribution >= 4 is 68.4 Å². The van der Waals surface area contributed by atoms with Gasteiger partial charge in [-0.25, -0.2) is 4.79 Å². The Bertz CT molecular complexity index is 922. The molecule has 0 saturated heterocycles. The minimum Gasteiger partial charge on any atom is -0.478 e. The molecule has 0 atom stereocenters. The van der Waals surface area contributed by atoms with Gasteiger partial charge in [-0.1, -0.05) is 0 Å². The molecule has 0 heterocycles. The molecule has 156 valence electrons. The van der Waals surface area contributed by atoms with Crippen molar-refractivity contribution in [1.82, 2.24) is 5.32 Å². The van der Waals surface area contributed by atoms with Gasteiger partial charge in [0.1, 0.15) is 0 Å². The number of aromatic carboxylic acids is 1. The molecular weight excluding hydrogens is 614 g/mol. The second-order valence-corrected chi connectivity index (χ2v) is 7.06. The van der Waals surface area contributed by atoms with E-state index < -0.39 is 15.8 Å². The number of nitrogens with zero attached hydrogens (tertiary/aromatic N) is 2. The average molecular weight is 630 g/mol. The van der Waals surface area contributed by atoms with Gasteiger partial charge < -0.3 is 16.2 Å². The van der Waals surface area contributed by atoms with Crippen LogP contribution in [0.1, 0.15) is 20.7 Å². The lowest BCUT2D eigenvalue weighted by atomic mass is 10.2. The van der Waals surface area contributed by atoms with E-state index in [1.807, 2.05) is 22.6 Å². The minimum atomic E-state index is -1.17. The van der Waals surface area contributed by atoms with E-state index in [0.29, 0.717) is 12.7 Å². The van der Waals surface area contributed by atoms with Crippen LogP contribution in [0.4, 0.5) is 11.4 Å². The van der Waals surface area contributed by atoms with Crippen molar-refractivity contribution in [3.05, 3.63) is 74.9 Å². The third-order valence-corrected chi connectivity index (χ3v) is 4.85. The number of carboxylic acid groups (broad SMARTS) is 1. The SMILES string of the molecule is CN.CNC(=O)c1ccc(I)c([N+](=O)[O-])c1.O=C(O)c1ccc(I)c([N+](=O)[O-])c1. The fourth-order valence-corrected chi connectivity index (χ4v) is 2.79. The summed E-state index contributed by atoms with van der Waals surface area (Å²) in [5.74, 6) is -1.50. The molecule has 0 radical (unpaired) electrons. The third-order valence-electron chi connectivity index (χ3n) is 3.02. The van der Waals surface area contributed by atoms with Gasteiger partial charge in [0, 0.05) is 24.7 Å². The summed E-state index contributed by atoms with van der Waals surface area (Å²) in [5.41, 5.74) is 4.49. The number of carbonyl (C=O) groups excluding carboxylic acids is 1. The third kappa shape index (κ3) is 8.24. The zero-order valence-corrected chi connectivity index (χ0v) is 19.4. The zero-order chi connectivity index (χ0) is 22.7. The van der Waals surface area contributed by atoms with E-state index in [0.717, 1.165) is 6.07 Å². The standard InChI is InChI=1S/C8H7IN2O3.C7H4INO4.CH5N/c1-10-8(12)5-2-3-6(9)7(4-5)11(13)14;8-5-2-1-4(7(10)11)3-6(5)9(12)13;1-2/h2-4H,1H3,(H,10,12);1-3H,(H,10,11);2H2,1H3. The monoisotopic (exact) mass is 630 g/mol. The fraction of sp³-hybridized carbons (Fsp3) is 0.125. The van der Waals surface area contributed by atoms with Crippen LogP contribution in [0.25, 0.3) is 0 Å². The minimum absolute atomic E-state index is 0.0494. The van der Waals surface area contributed by atoms with Gasteiger partial charge in [-0.05, 0) is 76.5 Å². The molecule has 2 aromatic carbocycles. The first kappa shape index (κ1) is 26.6. The van der Waals surface area contributed by atoms with E-state index in [1.54, 1.807) is 34.7 Å². The topological polar surface area (TPSA) is 179 Å². The molecule has 1 amide bonds. The van der Waals surface area contributed by atoms with Crippen molar-refractivity contribution in [1.29, 1.82) is 0 Å². The number of nitrogens with two attached hydrogens (primary N) is 1. The largest absolute Gasteiger partial charge is 0.478 e. The molecule has 0 aliphatic carbocycles. The first-order valence-electron chi connectivity index (χ1n) is 7.49. The quantitative estimate of drug-likeness (QED) is 0.262. The molecule has 0 aromatic heterocycles. The summed E-state index contributed by atoms with van der Waals surface area (Å²) < 4.78 is 0.938. The average Bonchev–Trinajstić information content (AvgIpc) is 2.69. The number of hydrogen-bond donors (Lipinski definition) is 3. The van der Waals surface area contributed by atoms with Gasteiger partial charge in [-0.2, -0.15) is 0 Å². The van der Waals surface area contributed by atoms with Crippen molar-refractivity contribution in [2.24, 2.45) is 5.73 Å². The smallest absolute Gasteiger partial charge is 0.335 e. The van der Waals surface area contributed by atoms with Gasteiger partial charge in [0.25, 0.3) is 17.3 Å². The number of nitro benzene ring substituents is 2. The summed E-state index contributed by atoms with van der Waals surface area (Å²) in [7, 11) is 2.98. The van der Waals surface area contributed by atoms with E-state index in [9.17, 15) is 29.8 Å². The maximum Gasteiger partial charge on any atom is 0.335 e. The molecule has 29 heavy (non-hydrogen) atoms. The fourth-order valence-electron chi connectivity index (χ4n) is 1.72. The molecule has 4 N–H and O–H groups in total. The van der Waals surface area contributed by atoms with Crippen LogP contribution in [-0.4, -0.2) is 40.9 Å². The Hall–Kier alpha value is -2.40. The Morgan fingerprint density at radius 3 is 1.66 bits per heavy atom. The van der Waals surface area contributed by atoms with E-state index in [1.165, 1.54) is 32.3 Å². The zero-order valence-electron chi connectivity index (χ0n) is 15.1. The normalized spacial score (nSPS) is 9.14. The van der Waals surface area contributed by atoms with Gasteiger partial charge in [0.05, 0.1) is 22.6 Å². The van der Waals surface area contributed by atoms with Crippen molar-refractivity contribution < 1.29 is 24.5 Å². The van der Waals surface area contributed by atoms with Gasteiger partial charge >= 0.3 is 5.97 Å². The summed E-state index contributed by atoms with van der Waals surface area (Å²) in [4.78, 5) is 41.5. The van der Waals surface area contributed by atoms with Crippen LogP contribution in [-0.2, 0) is 0 Å². The Kier molecular flexibility index (Phi) is 11.9. The van der Waals surface area contributed by atoms with Gasteiger partial charge in [0.15, 0.2) is 0 Å². The second kappa shape index (κ2) is 12.9. The lowest BCUT2D eigenvalue weighted by Gasteiger charge is -2.00. The molecule has 0 aliphatic rings. The molecule has 13 heteroatoms. The van der Waals surface area contributed by atoms with Crippen LogP contribution >= 0.6 is 45.2 Å². The molecule has 2 aromatic rings. The second-order valence-electron chi connectivity index (χ2n) is 4.73. The summed E-state index contributed by atoms with van der Waals surface area (Å²) in [6.45, 7) is 0. The van der Waals surface area contributed by atoms with Crippen LogP contribution < -0.4 is 11.1 Å². The lowest BCUT2D eigenvalue weighted by Crippen LogP contribution is -2.17. The van der Waals surface area contributed by atoms with Gasteiger partial charge in [0.2, 0.25) is 0 Å². The Balaban J connectivity index is 0.000000499. The van der Waals surface area contributed by atoms with E-state index in [2.05, 4.69) is 11.1 Å². The first-order valence-corrected chi connectivity index (χ1v) is 9.65. The highest BCUT2D eigenvalue weighted by Crippen LogP contribution is 2.22. The highest BCUT2D eigenvalue weighted by Gasteiger charge is 2.15. The maximum atomic E-state index is 11.2. The number of rotatable bonds is 4. The molecule has 2 rings (SSSR count). The predicted molar refractivity (Wildman–Crippen MR) is 122 cm³/mol. The maximum absolute atomic E-state index is 11.2. The van der Waals surface area contributed by atoms with Crippen LogP contribution in [0.2, 0.25) is 0 Å². The summed E-state index contributed by atoms with van der Waals surface area (Å²) in [6, 6.07) is 8.14. The molecule has 0 aliphatic heterocycles. The summed E-state index contributed by atoms with van der Waals surface area (Å²) >= 11 is 3.64. The van der Waals surface area contributed by atoms with Crippen LogP contribution in [0.15, 0.2) is 36.4 Å². The molecule has 0 saturated carbocycles. The van der Waals surface area contributed by atoms with Crippen molar-refractivity contribution in [3.63, 3.8) is 0 Å². The number of halogens is 2. The number of nitro groups is 2. The highest BCUT2D eigenvalue weighted by atomic mass is 127. The van der Waals surface area contributed by atoms with Crippen molar-refractivity contribution in [2.45, 2.75) is 0 Å². The predicted octanol–water partition coefficient (Wildman–Crippen LogP) is 3.03. The van der Waals surface area contributed by atoms with Gasteiger partial charge in [-0.15, -0.1) is 0 Å². The number of amides is 1. The number of carboxylic acids is 1. The van der Waals surface area contributed by atoms with Crippen LogP contribution in [0.5, 0.6) is 0 Å². The van der Waals surface area contributed by atoms with Gasteiger partial charge in [-0.3, -0.25) is 25.0 Å². The van der Waals surface area contributed by atoms with Crippen molar-refractivity contribution in [2.75, 3.05) is 14.1 Å². The number of hydrogen-bond acceptors (Lipinski definition) is 7. The number of benzene rings is 2. The van der Waals surface area contributed by atoms with Crippen LogP contribution in [0, 0.1) is 27.4 Å². The molecule has 11 nitrogen and oxygen atoms in total. The molecule has 0 spiro atoms. The number of carbonyl (C=O) groups is 2. The summed E-state index contributed by atoms with van der Waals surface area (Å²) in [5, 5.41) is 31.9. The van der Waals surface area contributed by atoms with Crippen LogP contribution in [0.3, 0.4) is 0 Å². The van der Waals surface area contributed by atoms with E-state index >= 15 is 0 Å². The van der Waals surface area contributed by atoms with E-state index in [-0.39, 0.29) is 22.8 Å². The summed E-state index contributed by atoms with van der Waals surface area (Å²) in [6.07, 6.45) is 0. The highest BCUT2D eigenvalue weighted by molar-refractivity contribution is 14.1. The molecule has 0 bridgehead atoms. The Morgan fingerprint density at radius 2 is 1.31 bits per heavy atom. The van der Waals surface area contributed by atoms with Crippen molar-refractivity contribution in [3.8, 4) is 0 Å². The Labute approximate surface area is 192 Å². The first-order chi connectivity index (χ1) is 13.6. The van der Waals surface area contributed by atoms with E-state index in [4.69, 9.17) is 5.11 Å². The lowest BCUT2D eigenvalue weighted by molar-refractivity contribution is -0.386. The Morgan fingerprint density at radius 1 is 0.931 bits per heavy atom. The number of nitrogens with one attached hydrogen (secondary N) is 1. The molecule has 0 fully saturated rings.